The number of H-pyrrole nitrogens is 1. The molecule has 218 valence electrons. The van der Waals surface area contributed by atoms with E-state index in [4.69, 9.17) is 4.74 Å². The first-order valence-corrected chi connectivity index (χ1v) is 15.1. The minimum atomic E-state index is -1.20. The molecule has 1 aliphatic rings. The van der Waals surface area contributed by atoms with E-state index in [1.165, 1.54) is 11.6 Å². The zero-order chi connectivity index (χ0) is 30.1. The number of benzene rings is 3. The van der Waals surface area contributed by atoms with Crippen LogP contribution < -0.4 is 15.4 Å². The first-order valence-electron chi connectivity index (χ1n) is 14.2. The number of aryl methyl sites for hydroxylation is 1. The van der Waals surface area contributed by atoms with E-state index in [0.29, 0.717) is 41.3 Å². The van der Waals surface area contributed by atoms with Crippen LogP contribution in [0.1, 0.15) is 56.9 Å². The van der Waals surface area contributed by atoms with Crippen molar-refractivity contribution in [3.63, 3.8) is 0 Å². The molecule has 0 fully saturated rings. The number of carbonyl (C=O) groups excluding carboxylic acids is 2. The normalized spacial score (nSPS) is 12.5. The lowest BCUT2D eigenvalue weighted by molar-refractivity contribution is 0.0697. The summed E-state index contributed by atoms with van der Waals surface area (Å²) in [7, 11) is 0. The van der Waals surface area contributed by atoms with Crippen molar-refractivity contribution in [1.29, 1.82) is 0 Å². The van der Waals surface area contributed by atoms with Crippen molar-refractivity contribution >= 4 is 45.7 Å². The monoisotopic (exact) mass is 593 g/mol. The standard InChI is InChI=1S/C34H31N3O5S/c1-19(2)18-36-32(38)22-5-7-24(27(15-22)34(40)41)25-17-30-28(31-20(10-13-43-31)4-3-12-42-30)16-26(25)33(39)37-23-6-8-29-21(14-23)9-11-35-29/h5-11,13-17,19,35H,3-4,12,18H2,1-2H3,(H,36,38)(H,37,39)(H,40,41). The van der Waals surface area contributed by atoms with Crippen molar-refractivity contribution in [3.8, 4) is 27.3 Å². The molecule has 6 rings (SSSR count). The van der Waals surface area contributed by atoms with Crippen molar-refractivity contribution in [3.05, 3.63) is 94.5 Å². The molecule has 9 heteroatoms. The summed E-state index contributed by atoms with van der Waals surface area (Å²) in [6, 6.07) is 17.7. The Hall–Kier alpha value is -4.89. The van der Waals surface area contributed by atoms with Crippen LogP contribution in [0.5, 0.6) is 5.75 Å². The number of rotatable bonds is 7. The fourth-order valence-corrected chi connectivity index (χ4v) is 6.30. The Morgan fingerprint density at radius 2 is 1.81 bits per heavy atom. The SMILES string of the molecule is CC(C)CNC(=O)c1ccc(-c2cc3c(cc2C(=O)Nc2ccc4[nH]ccc4c2)-c2sccc2CCCO3)c(C(=O)O)c1. The lowest BCUT2D eigenvalue weighted by Gasteiger charge is -2.20. The van der Waals surface area contributed by atoms with Gasteiger partial charge >= 0.3 is 5.97 Å². The summed E-state index contributed by atoms with van der Waals surface area (Å²) in [5, 5.41) is 19.1. The van der Waals surface area contributed by atoms with Crippen molar-refractivity contribution in [2.75, 3.05) is 18.5 Å². The van der Waals surface area contributed by atoms with Gasteiger partial charge in [-0.25, -0.2) is 4.79 Å². The van der Waals surface area contributed by atoms with Gasteiger partial charge in [0.1, 0.15) is 5.75 Å². The molecule has 0 aliphatic carbocycles. The molecule has 0 saturated carbocycles. The van der Waals surface area contributed by atoms with Crippen LogP contribution in [-0.4, -0.2) is 41.0 Å². The fraction of sp³-hybridized carbons (Fsp3) is 0.206. The van der Waals surface area contributed by atoms with Gasteiger partial charge in [-0.3, -0.25) is 9.59 Å². The van der Waals surface area contributed by atoms with Crippen LogP contribution in [0.4, 0.5) is 5.69 Å². The summed E-state index contributed by atoms with van der Waals surface area (Å²) in [5.74, 6) is -1.12. The van der Waals surface area contributed by atoms with E-state index in [-0.39, 0.29) is 28.9 Å². The number of aromatic amines is 1. The predicted octanol–water partition coefficient (Wildman–Crippen LogP) is 7.22. The number of hydrogen-bond acceptors (Lipinski definition) is 5. The lowest BCUT2D eigenvalue weighted by Crippen LogP contribution is -2.27. The number of thiophene rings is 1. The topological polar surface area (TPSA) is 121 Å². The largest absolute Gasteiger partial charge is 0.493 e. The third-order valence-electron chi connectivity index (χ3n) is 7.49. The Bertz CT molecular complexity index is 1870. The second-order valence-electron chi connectivity index (χ2n) is 11.0. The average Bonchev–Trinajstić information content (AvgIpc) is 3.65. The van der Waals surface area contributed by atoms with Gasteiger partial charge in [-0.05, 0) is 95.4 Å². The van der Waals surface area contributed by atoms with E-state index in [0.717, 1.165) is 34.2 Å². The van der Waals surface area contributed by atoms with Gasteiger partial charge in [0.25, 0.3) is 11.8 Å². The van der Waals surface area contributed by atoms with E-state index < -0.39 is 5.97 Å². The molecule has 8 nitrogen and oxygen atoms in total. The molecule has 0 bridgehead atoms. The van der Waals surface area contributed by atoms with Crippen LogP contribution in [-0.2, 0) is 6.42 Å². The molecule has 0 unspecified atom stereocenters. The number of aromatic nitrogens is 1. The number of ether oxygens (including phenoxy) is 1. The smallest absolute Gasteiger partial charge is 0.336 e. The summed E-state index contributed by atoms with van der Waals surface area (Å²) in [5.41, 5.74) is 4.72. The Morgan fingerprint density at radius 1 is 0.953 bits per heavy atom. The molecule has 0 spiro atoms. The van der Waals surface area contributed by atoms with Crippen molar-refractivity contribution in [1.82, 2.24) is 10.3 Å². The Morgan fingerprint density at radius 3 is 2.63 bits per heavy atom. The minimum absolute atomic E-state index is 0.0809. The van der Waals surface area contributed by atoms with Crippen LogP contribution in [0, 0.1) is 5.92 Å². The number of carboxylic acid groups (broad SMARTS) is 1. The minimum Gasteiger partial charge on any atom is -0.493 e. The summed E-state index contributed by atoms with van der Waals surface area (Å²) in [6.45, 7) is 4.92. The molecular weight excluding hydrogens is 562 g/mol. The van der Waals surface area contributed by atoms with Crippen molar-refractivity contribution in [2.24, 2.45) is 5.92 Å². The van der Waals surface area contributed by atoms with Gasteiger partial charge in [-0.15, -0.1) is 11.3 Å². The molecule has 0 atom stereocenters. The first-order chi connectivity index (χ1) is 20.8. The number of nitrogens with one attached hydrogen (secondary N) is 3. The van der Waals surface area contributed by atoms with Crippen LogP contribution >= 0.6 is 11.3 Å². The highest BCUT2D eigenvalue weighted by Crippen LogP contribution is 2.43. The molecule has 2 aromatic heterocycles. The Labute approximate surface area is 252 Å². The van der Waals surface area contributed by atoms with Crippen molar-refractivity contribution < 1.29 is 24.2 Å². The summed E-state index contributed by atoms with van der Waals surface area (Å²) in [4.78, 5) is 43.5. The highest BCUT2D eigenvalue weighted by atomic mass is 32.1. The molecule has 4 N–H and O–H groups in total. The van der Waals surface area contributed by atoms with Gasteiger partial charge in [0.05, 0.1) is 12.2 Å². The number of fused-ring (bicyclic) bond motifs is 4. The number of hydrogen-bond donors (Lipinski definition) is 4. The third kappa shape index (κ3) is 5.76. The summed E-state index contributed by atoms with van der Waals surface area (Å²) in [6.07, 6.45) is 3.53. The summed E-state index contributed by atoms with van der Waals surface area (Å²) < 4.78 is 6.19. The number of carbonyl (C=O) groups is 3. The van der Waals surface area contributed by atoms with Gasteiger partial charge < -0.3 is 25.5 Å². The average molecular weight is 594 g/mol. The molecule has 43 heavy (non-hydrogen) atoms. The Kier molecular flexibility index (Phi) is 7.73. The van der Waals surface area contributed by atoms with E-state index in [1.54, 1.807) is 35.6 Å². The highest BCUT2D eigenvalue weighted by molar-refractivity contribution is 7.13. The number of aromatic carboxylic acids is 1. The van der Waals surface area contributed by atoms with Gasteiger partial charge in [0.15, 0.2) is 0 Å². The highest BCUT2D eigenvalue weighted by Gasteiger charge is 2.25. The zero-order valence-electron chi connectivity index (χ0n) is 23.8. The number of carboxylic acids is 1. The maximum absolute atomic E-state index is 14.0. The fourth-order valence-electron chi connectivity index (χ4n) is 5.33. The van der Waals surface area contributed by atoms with E-state index in [1.807, 2.05) is 49.7 Å². The molecule has 0 radical (unpaired) electrons. The van der Waals surface area contributed by atoms with E-state index in [2.05, 4.69) is 21.7 Å². The molecule has 3 aromatic carbocycles. The maximum atomic E-state index is 14.0. The van der Waals surface area contributed by atoms with Crippen molar-refractivity contribution in [2.45, 2.75) is 26.7 Å². The number of amides is 2. The van der Waals surface area contributed by atoms with E-state index in [9.17, 15) is 19.5 Å². The molecule has 2 amide bonds. The Balaban J connectivity index is 1.49. The molecular formula is C34H31N3O5S. The molecule has 1 aliphatic heterocycles. The second kappa shape index (κ2) is 11.8. The van der Waals surface area contributed by atoms with Crippen LogP contribution in [0.2, 0.25) is 0 Å². The van der Waals surface area contributed by atoms with Crippen LogP contribution in [0.3, 0.4) is 0 Å². The third-order valence-corrected chi connectivity index (χ3v) is 8.48. The summed E-state index contributed by atoms with van der Waals surface area (Å²) >= 11 is 1.59. The predicted molar refractivity (Wildman–Crippen MR) is 169 cm³/mol. The quantitative estimate of drug-likeness (QED) is 0.159. The van der Waals surface area contributed by atoms with Gasteiger partial charge in [-0.2, -0.15) is 0 Å². The second-order valence-corrected chi connectivity index (χ2v) is 11.9. The van der Waals surface area contributed by atoms with Gasteiger partial charge in [-0.1, -0.05) is 19.9 Å². The molecule has 3 heterocycles. The van der Waals surface area contributed by atoms with Gasteiger partial charge in [0.2, 0.25) is 0 Å². The van der Waals surface area contributed by atoms with Crippen LogP contribution in [0.15, 0.2) is 72.2 Å². The van der Waals surface area contributed by atoms with Gasteiger partial charge in [0, 0.05) is 50.9 Å². The number of anilines is 1. The van der Waals surface area contributed by atoms with E-state index >= 15 is 0 Å². The zero-order valence-corrected chi connectivity index (χ0v) is 24.6. The molecule has 0 saturated heterocycles. The molecule has 5 aromatic rings. The maximum Gasteiger partial charge on any atom is 0.336 e. The van der Waals surface area contributed by atoms with Crippen LogP contribution in [0.25, 0.3) is 32.5 Å². The first kappa shape index (κ1) is 28.2. The lowest BCUT2D eigenvalue weighted by atomic mass is 9.90.